The molecule has 0 aromatic heterocycles. The van der Waals surface area contributed by atoms with Gasteiger partial charge >= 0.3 is 5.97 Å². The number of carboxylic acids is 1. The van der Waals surface area contributed by atoms with Crippen molar-refractivity contribution in [1.29, 1.82) is 0 Å². The molecule has 6 N–H and O–H groups in total. The first-order chi connectivity index (χ1) is 12.3. The summed E-state index contributed by atoms with van der Waals surface area (Å²) in [6.45, 7) is 2.19. The summed E-state index contributed by atoms with van der Waals surface area (Å²) in [6, 6.07) is 14.2. The van der Waals surface area contributed by atoms with Crippen LogP contribution < -0.4 is 16.8 Å². The van der Waals surface area contributed by atoms with Crippen molar-refractivity contribution in [3.63, 3.8) is 0 Å². The largest absolute Gasteiger partial charge is 0.481 e. The molecule has 2 aromatic carbocycles. The molecule has 0 bridgehead atoms. The van der Waals surface area contributed by atoms with Crippen molar-refractivity contribution in [2.24, 2.45) is 16.5 Å². The zero-order valence-electron chi connectivity index (χ0n) is 14.5. The van der Waals surface area contributed by atoms with E-state index in [0.717, 1.165) is 11.1 Å². The van der Waals surface area contributed by atoms with Gasteiger partial charge in [0.1, 0.15) is 0 Å². The van der Waals surface area contributed by atoms with Crippen LogP contribution in [0.1, 0.15) is 40.7 Å². The first-order valence-corrected chi connectivity index (χ1v) is 8.13. The molecule has 0 spiro atoms. The van der Waals surface area contributed by atoms with Crippen LogP contribution in [-0.4, -0.2) is 22.9 Å². The van der Waals surface area contributed by atoms with Crippen molar-refractivity contribution in [2.45, 2.75) is 25.8 Å². The number of guanidine groups is 1. The van der Waals surface area contributed by atoms with Gasteiger partial charge < -0.3 is 21.9 Å². The van der Waals surface area contributed by atoms with E-state index in [9.17, 15) is 9.59 Å². The zero-order chi connectivity index (χ0) is 19.1. The van der Waals surface area contributed by atoms with Crippen LogP contribution in [0.25, 0.3) is 0 Å². The highest BCUT2D eigenvalue weighted by atomic mass is 16.4. The van der Waals surface area contributed by atoms with E-state index in [1.807, 2.05) is 31.2 Å². The van der Waals surface area contributed by atoms with Crippen LogP contribution in [-0.2, 0) is 11.3 Å². The molecule has 0 radical (unpaired) electrons. The van der Waals surface area contributed by atoms with Gasteiger partial charge in [-0.1, -0.05) is 37.3 Å². The molecule has 7 heteroatoms. The second-order valence-electron chi connectivity index (χ2n) is 6.01. The molecule has 7 nitrogen and oxygen atoms in total. The fourth-order valence-electron chi connectivity index (χ4n) is 2.54. The average Bonchev–Trinajstić information content (AvgIpc) is 2.59. The van der Waals surface area contributed by atoms with Gasteiger partial charge in [-0.25, -0.2) is 4.99 Å². The number of carbonyl (C=O) groups is 2. The van der Waals surface area contributed by atoms with E-state index in [0.29, 0.717) is 17.8 Å². The summed E-state index contributed by atoms with van der Waals surface area (Å²) in [7, 11) is 0. The topological polar surface area (TPSA) is 131 Å². The highest BCUT2D eigenvalue weighted by molar-refractivity contribution is 5.95. The first-order valence-electron chi connectivity index (χ1n) is 8.13. The molecule has 1 unspecified atom stereocenters. The maximum absolute atomic E-state index is 12.3. The van der Waals surface area contributed by atoms with Gasteiger partial charge in [0.25, 0.3) is 5.91 Å². The number of nitrogens with one attached hydrogen (secondary N) is 1. The molecular weight excluding hydrogens is 332 g/mol. The monoisotopic (exact) mass is 354 g/mol. The van der Waals surface area contributed by atoms with E-state index >= 15 is 0 Å². The van der Waals surface area contributed by atoms with Crippen molar-refractivity contribution in [3.8, 4) is 0 Å². The Balaban J connectivity index is 2.03. The highest BCUT2D eigenvalue weighted by Gasteiger charge is 2.11. The molecule has 0 aliphatic heterocycles. The standard InChI is InChI=1S/C19H22N4O3/c1-12(8-17(24)25)14-5-2-4-13(9-14)11-22-18(26)15-6-3-7-16(10-15)23-19(20)21/h2-7,9-10,12H,8,11H2,1H3,(H,22,26)(H,24,25)(H4,20,21,23). The van der Waals surface area contributed by atoms with Gasteiger partial charge in [0.15, 0.2) is 5.96 Å². The summed E-state index contributed by atoms with van der Waals surface area (Å²) in [4.78, 5) is 27.1. The van der Waals surface area contributed by atoms with Gasteiger partial charge in [-0.05, 0) is 35.2 Å². The van der Waals surface area contributed by atoms with Gasteiger partial charge in [-0.2, -0.15) is 0 Å². The maximum Gasteiger partial charge on any atom is 0.303 e. The summed E-state index contributed by atoms with van der Waals surface area (Å²) in [5.74, 6) is -1.26. The number of hydrogen-bond donors (Lipinski definition) is 4. The summed E-state index contributed by atoms with van der Waals surface area (Å²) in [6.07, 6.45) is 0.0629. The fourth-order valence-corrected chi connectivity index (χ4v) is 2.54. The van der Waals surface area contributed by atoms with Crippen LogP contribution in [0.5, 0.6) is 0 Å². The Labute approximate surface area is 151 Å². The van der Waals surface area contributed by atoms with Gasteiger partial charge in [0.05, 0.1) is 12.1 Å². The van der Waals surface area contributed by atoms with E-state index in [1.165, 1.54) is 0 Å². The second-order valence-corrected chi connectivity index (χ2v) is 6.01. The van der Waals surface area contributed by atoms with Crippen LogP contribution in [0.2, 0.25) is 0 Å². The van der Waals surface area contributed by atoms with E-state index < -0.39 is 5.97 Å². The molecule has 2 rings (SSSR count). The third kappa shape index (κ3) is 5.62. The normalized spacial score (nSPS) is 11.4. The average molecular weight is 354 g/mol. The number of benzene rings is 2. The Hall–Kier alpha value is -3.35. The summed E-state index contributed by atoms with van der Waals surface area (Å²) < 4.78 is 0. The number of rotatable bonds is 7. The van der Waals surface area contributed by atoms with Crippen LogP contribution in [0.3, 0.4) is 0 Å². The number of hydrogen-bond acceptors (Lipinski definition) is 3. The predicted molar refractivity (Wildman–Crippen MR) is 100 cm³/mol. The van der Waals surface area contributed by atoms with E-state index in [1.54, 1.807) is 24.3 Å². The predicted octanol–water partition coefficient (Wildman–Crippen LogP) is 2.10. The number of carboxylic acid groups (broad SMARTS) is 1. The van der Waals surface area contributed by atoms with Gasteiger partial charge in [0.2, 0.25) is 0 Å². The van der Waals surface area contributed by atoms with E-state index in [4.69, 9.17) is 16.6 Å². The van der Waals surface area contributed by atoms with Crippen molar-refractivity contribution in [2.75, 3.05) is 0 Å². The molecule has 1 amide bonds. The zero-order valence-corrected chi connectivity index (χ0v) is 14.5. The first kappa shape index (κ1) is 19.0. The van der Waals surface area contributed by atoms with Crippen molar-refractivity contribution >= 4 is 23.5 Å². The molecule has 0 fully saturated rings. The lowest BCUT2D eigenvalue weighted by Crippen LogP contribution is -2.23. The van der Waals surface area contributed by atoms with E-state index in [-0.39, 0.29) is 24.2 Å². The Bertz CT molecular complexity index is 829. The Morgan fingerprint density at radius 1 is 1.15 bits per heavy atom. The molecular formula is C19H22N4O3. The van der Waals surface area contributed by atoms with Crippen LogP contribution in [0.4, 0.5) is 5.69 Å². The number of nitrogens with zero attached hydrogens (tertiary/aromatic N) is 1. The molecule has 0 saturated carbocycles. The highest BCUT2D eigenvalue weighted by Crippen LogP contribution is 2.20. The Kier molecular flexibility index (Phi) is 6.32. The molecule has 136 valence electrons. The van der Waals surface area contributed by atoms with Crippen LogP contribution in [0.15, 0.2) is 53.5 Å². The number of carbonyl (C=O) groups excluding carboxylic acids is 1. The molecule has 0 aliphatic rings. The van der Waals surface area contributed by atoms with Crippen molar-refractivity contribution < 1.29 is 14.7 Å². The smallest absolute Gasteiger partial charge is 0.303 e. The van der Waals surface area contributed by atoms with Crippen LogP contribution in [0, 0.1) is 0 Å². The van der Waals surface area contributed by atoms with Crippen molar-refractivity contribution in [1.82, 2.24) is 5.32 Å². The lowest BCUT2D eigenvalue weighted by atomic mass is 9.96. The maximum atomic E-state index is 12.3. The molecule has 0 heterocycles. The van der Waals surface area contributed by atoms with Crippen LogP contribution >= 0.6 is 0 Å². The molecule has 0 saturated heterocycles. The summed E-state index contributed by atoms with van der Waals surface area (Å²) in [5, 5.41) is 11.7. The second kappa shape index (κ2) is 8.66. The number of aliphatic imine (C=N–C) groups is 1. The minimum atomic E-state index is -0.836. The number of nitrogens with two attached hydrogens (primary N) is 2. The molecule has 1 atom stereocenters. The van der Waals surface area contributed by atoms with E-state index in [2.05, 4.69) is 10.3 Å². The number of aliphatic carboxylic acids is 1. The third-order valence-corrected chi connectivity index (χ3v) is 3.82. The summed E-state index contributed by atoms with van der Waals surface area (Å²) >= 11 is 0. The Morgan fingerprint density at radius 2 is 1.88 bits per heavy atom. The lowest BCUT2D eigenvalue weighted by molar-refractivity contribution is -0.137. The molecule has 2 aromatic rings. The minimum Gasteiger partial charge on any atom is -0.481 e. The lowest BCUT2D eigenvalue weighted by Gasteiger charge is -2.12. The third-order valence-electron chi connectivity index (χ3n) is 3.82. The molecule has 0 aliphatic carbocycles. The minimum absolute atomic E-state index is 0.0629. The quantitative estimate of drug-likeness (QED) is 0.447. The van der Waals surface area contributed by atoms with Gasteiger partial charge in [-0.15, -0.1) is 0 Å². The van der Waals surface area contributed by atoms with Gasteiger partial charge in [0, 0.05) is 12.1 Å². The Morgan fingerprint density at radius 3 is 2.58 bits per heavy atom. The molecule has 26 heavy (non-hydrogen) atoms. The van der Waals surface area contributed by atoms with Crippen molar-refractivity contribution in [3.05, 3.63) is 65.2 Å². The van der Waals surface area contributed by atoms with Gasteiger partial charge in [-0.3, -0.25) is 9.59 Å². The fraction of sp³-hybridized carbons (Fsp3) is 0.211. The number of amides is 1. The summed E-state index contributed by atoms with van der Waals surface area (Å²) in [5.41, 5.74) is 13.5. The SMILES string of the molecule is CC(CC(=O)O)c1cccc(CNC(=O)c2cccc(N=C(N)N)c2)c1.